The number of amides is 2. The minimum Gasteiger partial charge on any atom is -0.748 e. The fourth-order valence-electron chi connectivity index (χ4n) is 3.94. The second-order valence-electron chi connectivity index (χ2n) is 9.75. The Morgan fingerprint density at radius 1 is 1.05 bits per heavy atom. The molecule has 0 spiro atoms. The number of aromatic nitrogens is 1. The van der Waals surface area contributed by atoms with E-state index in [9.17, 15) is 9.59 Å². The van der Waals surface area contributed by atoms with Gasteiger partial charge in [-0.1, -0.05) is 0 Å². The number of terminal acetylenes is 1. The first-order valence-corrected chi connectivity index (χ1v) is 12.3. The molecule has 1 N–H and O–H groups in total. The van der Waals surface area contributed by atoms with Gasteiger partial charge < -0.3 is 49.4 Å². The summed E-state index contributed by atoms with van der Waals surface area (Å²) in [7, 11) is 0. The van der Waals surface area contributed by atoms with E-state index in [0.717, 1.165) is 5.56 Å². The Labute approximate surface area is 244 Å². The zero-order valence-electron chi connectivity index (χ0n) is 22.4. The van der Waals surface area contributed by atoms with Gasteiger partial charge in [0, 0.05) is 39.9 Å². The molecule has 0 aliphatic rings. The van der Waals surface area contributed by atoms with Gasteiger partial charge in [0.15, 0.2) is 17.9 Å². The van der Waals surface area contributed by atoms with Crippen molar-refractivity contribution in [3.05, 3.63) is 121 Å². The number of anilines is 1. The van der Waals surface area contributed by atoms with Crippen LogP contribution in [-0.2, 0) is 21.9 Å². The van der Waals surface area contributed by atoms with Gasteiger partial charge in [0.1, 0.15) is 6.26 Å². The van der Waals surface area contributed by atoms with Gasteiger partial charge >= 0.3 is 0 Å². The van der Waals surface area contributed by atoms with Crippen molar-refractivity contribution in [1.82, 2.24) is 10.3 Å². The van der Waals surface area contributed by atoms with E-state index in [4.69, 9.17) is 15.3 Å². The number of carbonyl (C=O) groups is 2. The van der Waals surface area contributed by atoms with Gasteiger partial charge in [0.25, 0.3) is 5.91 Å². The van der Waals surface area contributed by atoms with Gasteiger partial charge in [0.2, 0.25) is 5.91 Å². The summed E-state index contributed by atoms with van der Waals surface area (Å²) in [6.45, 7) is 5.67. The Morgan fingerprint density at radius 3 is 2.17 bits per heavy atom. The number of nitrogens with one attached hydrogen (secondary N) is 1. The molecule has 2 aromatic heterocycles. The molecule has 210 valence electrons. The molecule has 40 heavy (non-hydrogen) atoms. The van der Waals surface area contributed by atoms with Crippen LogP contribution in [0.15, 0.2) is 113 Å². The summed E-state index contributed by atoms with van der Waals surface area (Å²) in [6.07, 6.45) is 9.68. The molecule has 0 aliphatic heterocycles. The van der Waals surface area contributed by atoms with Crippen LogP contribution in [0.4, 0.5) is 5.69 Å². The quantitative estimate of drug-likeness (QED) is 0.145. The summed E-state index contributed by atoms with van der Waals surface area (Å²) in [5, 5.41) is 3.00. The molecule has 0 bridgehead atoms. The number of furan rings is 1. The molecule has 1 atom stereocenters. The van der Waals surface area contributed by atoms with Gasteiger partial charge in [-0.25, -0.2) is 17.1 Å². The summed E-state index contributed by atoms with van der Waals surface area (Å²) >= 11 is 0. The van der Waals surface area contributed by atoms with Crippen molar-refractivity contribution in [2.45, 2.75) is 32.4 Å². The normalized spacial score (nSPS) is 11.2. The van der Waals surface area contributed by atoms with Crippen molar-refractivity contribution in [2.75, 3.05) is 4.90 Å². The molecule has 3 aromatic carbocycles. The van der Waals surface area contributed by atoms with Crippen LogP contribution in [0.3, 0.4) is 0 Å². The summed E-state index contributed by atoms with van der Waals surface area (Å²) < 4.78 is 10.7. The molecule has 0 radical (unpaired) electrons. The van der Waals surface area contributed by atoms with Crippen molar-refractivity contribution < 1.29 is 35.5 Å². The number of hydrogen-bond donors (Lipinski definition) is 1. The number of oxazole rings is 1. The molecule has 5 aromatic rings. The molecule has 5 rings (SSSR count). The van der Waals surface area contributed by atoms with E-state index in [2.05, 4.69) is 16.2 Å². The van der Waals surface area contributed by atoms with Crippen molar-refractivity contribution in [3.8, 4) is 23.7 Å². The summed E-state index contributed by atoms with van der Waals surface area (Å²) in [6, 6.07) is 25.0. The Bertz CT molecular complexity index is 1490. The average molecular weight is 575 g/mol. The van der Waals surface area contributed by atoms with E-state index in [-0.39, 0.29) is 34.3 Å². The molecule has 7 nitrogen and oxygen atoms in total. The fraction of sp³-hybridized carbons (Fsp3) is 0.156. The molecule has 0 aliphatic carbocycles. The fourth-order valence-corrected chi connectivity index (χ4v) is 3.94. The molecule has 2 amide bonds. The van der Waals surface area contributed by atoms with Crippen LogP contribution in [0.5, 0.6) is 0 Å². The second kappa shape index (κ2) is 13.5. The smallest absolute Gasteiger partial charge is 0.261 e. The van der Waals surface area contributed by atoms with Crippen LogP contribution in [0.25, 0.3) is 11.3 Å². The molecule has 1 unspecified atom stereocenters. The number of nitrogens with zero attached hydrogens (tertiary/aromatic N) is 2. The van der Waals surface area contributed by atoms with Crippen molar-refractivity contribution in [2.24, 2.45) is 0 Å². The molecular weight excluding hydrogens is 546 g/mol. The maximum Gasteiger partial charge on any atom is 0.261 e. The van der Waals surface area contributed by atoms with E-state index in [1.807, 2.05) is 87.5 Å². The molecular formula is C32H29FeN3O4-6. The van der Waals surface area contributed by atoms with Crippen molar-refractivity contribution in [1.29, 1.82) is 0 Å². The van der Waals surface area contributed by atoms with Crippen molar-refractivity contribution in [3.63, 3.8) is 0 Å². The maximum atomic E-state index is 13.8. The molecule has 0 fully saturated rings. The van der Waals surface area contributed by atoms with Crippen molar-refractivity contribution >= 4 is 17.5 Å². The van der Waals surface area contributed by atoms with E-state index < -0.39 is 17.5 Å². The summed E-state index contributed by atoms with van der Waals surface area (Å²) in [5.41, 5.74) is 1.73. The maximum absolute atomic E-state index is 13.8. The van der Waals surface area contributed by atoms with E-state index >= 15 is 0 Å². The van der Waals surface area contributed by atoms with Crippen LogP contribution in [0, 0.1) is 12.3 Å². The minimum absolute atomic E-state index is 0. The van der Waals surface area contributed by atoms with Crippen LogP contribution < -0.4 is 10.2 Å². The first-order chi connectivity index (χ1) is 18.8. The number of carbonyl (C=O) groups excluding carboxylic acids is 2. The number of hydrogen-bond acceptors (Lipinski definition) is 5. The SMILES string of the molecule is C#Cc1cc(C(=O)N(c2ccc(-c3cnco3)cc2)C(C(=O)NC(C)(C)C)[c-]2cccc2)co1.[Fe].[cH-]1[cH-][cH-][cH-][cH-]1. The Hall–Kier alpha value is -4.57. The standard InChI is InChI=1S/C27H24N3O4.C5H5.Fe/c1-5-22-14-20(16-33-22)26(32)30(21-12-10-18(11-13-21)23-15-28-17-34-23)24(19-8-6-7-9-19)25(31)29-27(2,3)4;1-2-4-5-3-1;/h1,6-17,24H,2-4H3,(H,29,31);1-5H;/q-1;-5;. The third kappa shape index (κ3) is 7.51. The monoisotopic (exact) mass is 575 g/mol. The van der Waals surface area contributed by atoms with Gasteiger partial charge in [-0.15, -0.1) is 12.0 Å². The predicted molar refractivity (Wildman–Crippen MR) is 150 cm³/mol. The second-order valence-corrected chi connectivity index (χ2v) is 9.75. The largest absolute Gasteiger partial charge is 0.748 e. The first kappa shape index (κ1) is 30.0. The van der Waals surface area contributed by atoms with E-state index in [1.54, 1.807) is 18.3 Å². The summed E-state index contributed by atoms with van der Waals surface area (Å²) in [5.74, 6) is 2.47. The molecule has 0 saturated heterocycles. The van der Waals surface area contributed by atoms with E-state index in [1.165, 1.54) is 23.6 Å². The number of rotatable bonds is 6. The third-order valence-electron chi connectivity index (χ3n) is 5.63. The van der Waals surface area contributed by atoms with Crippen LogP contribution in [-0.4, -0.2) is 22.3 Å². The van der Waals surface area contributed by atoms with Crippen LogP contribution in [0.1, 0.15) is 48.5 Å². The zero-order chi connectivity index (χ0) is 27.8. The Balaban J connectivity index is 0.000000662. The Morgan fingerprint density at radius 2 is 1.68 bits per heavy atom. The Kier molecular flexibility index (Phi) is 10.1. The van der Waals surface area contributed by atoms with E-state index in [0.29, 0.717) is 17.0 Å². The average Bonchev–Trinajstić information content (AvgIpc) is 3.73. The summed E-state index contributed by atoms with van der Waals surface area (Å²) in [4.78, 5) is 32.7. The predicted octanol–water partition coefficient (Wildman–Crippen LogP) is 6.34. The molecule has 8 heteroatoms. The topological polar surface area (TPSA) is 88.6 Å². The zero-order valence-corrected chi connectivity index (χ0v) is 23.5. The molecule has 0 saturated carbocycles. The van der Waals surface area contributed by atoms with Crippen LogP contribution in [0.2, 0.25) is 0 Å². The third-order valence-corrected chi connectivity index (χ3v) is 5.63. The van der Waals surface area contributed by atoms with Gasteiger partial charge in [0.05, 0.1) is 17.8 Å². The van der Waals surface area contributed by atoms with Gasteiger partial charge in [-0.2, -0.15) is 12.1 Å². The van der Waals surface area contributed by atoms with Crippen LogP contribution >= 0.6 is 0 Å². The number of benzene rings is 1. The van der Waals surface area contributed by atoms with Gasteiger partial charge in [-0.3, -0.25) is 9.59 Å². The van der Waals surface area contributed by atoms with Gasteiger partial charge in [-0.05, 0) is 51.0 Å². The minimum atomic E-state index is -0.929. The first-order valence-electron chi connectivity index (χ1n) is 12.3. The molecule has 2 heterocycles.